The fourth-order valence-electron chi connectivity index (χ4n) is 3.47. The number of methoxy groups -OCH3 is 2. The van der Waals surface area contributed by atoms with Crippen molar-refractivity contribution in [3.05, 3.63) is 89.5 Å². The highest BCUT2D eigenvalue weighted by Gasteiger charge is 2.15. The van der Waals surface area contributed by atoms with Crippen LogP contribution >= 0.6 is 0 Å². The maximum atomic E-state index is 12.5. The van der Waals surface area contributed by atoms with Crippen LogP contribution in [0.5, 0.6) is 11.5 Å². The van der Waals surface area contributed by atoms with Crippen molar-refractivity contribution in [2.45, 2.75) is 37.2 Å². The number of carbonyl (C=O) groups is 1. The molecule has 3 aromatic carbocycles. The van der Waals surface area contributed by atoms with Crippen molar-refractivity contribution >= 4 is 15.9 Å². The lowest BCUT2D eigenvalue weighted by Crippen LogP contribution is -2.26. The van der Waals surface area contributed by atoms with E-state index in [0.29, 0.717) is 17.9 Å². The molecule has 180 valence electrons. The Bertz CT molecular complexity index is 1200. The van der Waals surface area contributed by atoms with E-state index in [4.69, 9.17) is 9.47 Å². The molecule has 8 heteroatoms. The van der Waals surface area contributed by atoms with Crippen LogP contribution in [0.25, 0.3) is 0 Å². The highest BCUT2D eigenvalue weighted by molar-refractivity contribution is 7.89. The molecule has 0 spiro atoms. The number of ether oxygens (including phenoxy) is 2. The summed E-state index contributed by atoms with van der Waals surface area (Å²) in [6.07, 6.45) is 0.790. The number of hydrogen-bond donors (Lipinski definition) is 2. The van der Waals surface area contributed by atoms with E-state index >= 15 is 0 Å². The summed E-state index contributed by atoms with van der Waals surface area (Å²) in [7, 11) is -0.467. The molecule has 0 heterocycles. The third-order valence-corrected chi connectivity index (χ3v) is 6.89. The summed E-state index contributed by atoms with van der Waals surface area (Å²) in [5, 5.41) is 2.98. The van der Waals surface area contributed by atoms with Gasteiger partial charge in [0.05, 0.1) is 25.2 Å². The molecule has 34 heavy (non-hydrogen) atoms. The Morgan fingerprint density at radius 3 is 2.21 bits per heavy atom. The molecule has 0 fully saturated rings. The van der Waals surface area contributed by atoms with Crippen LogP contribution in [-0.2, 0) is 27.8 Å². The van der Waals surface area contributed by atoms with Crippen LogP contribution in [0.4, 0.5) is 0 Å². The minimum atomic E-state index is -3.61. The Morgan fingerprint density at radius 2 is 1.56 bits per heavy atom. The first kappa shape index (κ1) is 25.3. The third kappa shape index (κ3) is 6.82. The van der Waals surface area contributed by atoms with Crippen molar-refractivity contribution in [2.75, 3.05) is 14.2 Å². The number of hydrogen-bond acceptors (Lipinski definition) is 5. The molecule has 1 atom stereocenters. The van der Waals surface area contributed by atoms with Crippen LogP contribution < -0.4 is 19.5 Å². The van der Waals surface area contributed by atoms with Gasteiger partial charge in [-0.1, -0.05) is 48.5 Å². The van der Waals surface area contributed by atoms with Crippen LogP contribution in [0, 0.1) is 0 Å². The minimum Gasteiger partial charge on any atom is -0.493 e. The summed E-state index contributed by atoms with van der Waals surface area (Å²) in [5.74, 6) is 1.14. The molecule has 1 amide bonds. The van der Waals surface area contributed by atoms with Gasteiger partial charge in [0.25, 0.3) is 0 Å². The summed E-state index contributed by atoms with van der Waals surface area (Å²) in [4.78, 5) is 12.6. The minimum absolute atomic E-state index is 0.0940. The van der Waals surface area contributed by atoms with E-state index in [2.05, 4.69) is 10.0 Å². The molecule has 1 unspecified atom stereocenters. The lowest BCUT2D eigenvalue weighted by molar-refractivity contribution is -0.121. The van der Waals surface area contributed by atoms with E-state index < -0.39 is 10.0 Å². The van der Waals surface area contributed by atoms with Crippen molar-refractivity contribution in [2.24, 2.45) is 0 Å². The van der Waals surface area contributed by atoms with E-state index in [1.807, 2.05) is 49.4 Å². The summed E-state index contributed by atoms with van der Waals surface area (Å²) in [5.41, 5.74) is 2.68. The lowest BCUT2D eigenvalue weighted by atomic mass is 10.1. The van der Waals surface area contributed by atoms with E-state index in [0.717, 1.165) is 16.7 Å². The molecule has 0 aliphatic rings. The van der Waals surface area contributed by atoms with Crippen molar-refractivity contribution in [3.8, 4) is 11.5 Å². The van der Waals surface area contributed by atoms with Crippen LogP contribution in [0.15, 0.2) is 77.7 Å². The van der Waals surface area contributed by atoms with Crippen LogP contribution in [0.3, 0.4) is 0 Å². The summed E-state index contributed by atoms with van der Waals surface area (Å²) in [6.45, 7) is 2.13. The largest absolute Gasteiger partial charge is 0.493 e. The summed E-state index contributed by atoms with van der Waals surface area (Å²) >= 11 is 0. The van der Waals surface area contributed by atoms with Gasteiger partial charge in [-0.3, -0.25) is 4.79 Å². The van der Waals surface area contributed by atoms with Gasteiger partial charge in [0.1, 0.15) is 0 Å². The van der Waals surface area contributed by atoms with E-state index in [1.165, 1.54) is 0 Å². The second-order valence-corrected chi connectivity index (χ2v) is 9.62. The van der Waals surface area contributed by atoms with Gasteiger partial charge < -0.3 is 14.8 Å². The lowest BCUT2D eigenvalue weighted by Gasteiger charge is -2.16. The van der Waals surface area contributed by atoms with E-state index in [1.54, 1.807) is 44.6 Å². The standard InChI is InChI=1S/C26H30N2O5S/c1-19(22-12-15-24(32-2)25(17-22)33-3)28-26(29)16-11-20-9-13-23(14-10-20)34(30,31)27-18-21-7-5-4-6-8-21/h4-10,12-15,17,19,27H,11,16,18H2,1-3H3,(H,28,29). The maximum Gasteiger partial charge on any atom is 0.240 e. The molecule has 0 saturated heterocycles. The van der Waals surface area contributed by atoms with Crippen LogP contribution in [0.1, 0.15) is 36.1 Å². The number of aryl methyl sites for hydroxylation is 1. The second-order valence-electron chi connectivity index (χ2n) is 7.86. The van der Waals surface area contributed by atoms with Gasteiger partial charge in [0.15, 0.2) is 11.5 Å². The Balaban J connectivity index is 1.52. The molecule has 0 aliphatic carbocycles. The molecule has 2 N–H and O–H groups in total. The van der Waals surface area contributed by atoms with E-state index in [-0.39, 0.29) is 29.8 Å². The Hall–Kier alpha value is -3.36. The predicted octanol–water partition coefficient (Wildman–Crippen LogP) is 3.99. The first-order valence-corrected chi connectivity index (χ1v) is 12.4. The topological polar surface area (TPSA) is 93.7 Å². The van der Waals surface area contributed by atoms with Gasteiger partial charge in [-0.05, 0) is 54.3 Å². The van der Waals surface area contributed by atoms with Crippen LogP contribution in [0.2, 0.25) is 0 Å². The zero-order valence-electron chi connectivity index (χ0n) is 19.6. The molecule has 0 aromatic heterocycles. The first-order chi connectivity index (χ1) is 16.3. The highest BCUT2D eigenvalue weighted by Crippen LogP contribution is 2.29. The normalized spacial score (nSPS) is 12.1. The van der Waals surface area contributed by atoms with Crippen molar-refractivity contribution in [1.82, 2.24) is 10.0 Å². The number of rotatable bonds is 11. The van der Waals surface area contributed by atoms with Crippen LogP contribution in [-0.4, -0.2) is 28.5 Å². The molecule has 0 saturated carbocycles. The fourth-order valence-corrected chi connectivity index (χ4v) is 4.49. The first-order valence-electron chi connectivity index (χ1n) is 11.0. The van der Waals surface area contributed by atoms with Gasteiger partial charge in [0, 0.05) is 13.0 Å². The molecule has 0 bridgehead atoms. The molecular weight excluding hydrogens is 452 g/mol. The zero-order chi connectivity index (χ0) is 24.6. The van der Waals surface area contributed by atoms with Gasteiger partial charge in [-0.2, -0.15) is 0 Å². The number of benzene rings is 3. The molecule has 0 aliphatic heterocycles. The van der Waals surface area contributed by atoms with Crippen molar-refractivity contribution < 1.29 is 22.7 Å². The smallest absolute Gasteiger partial charge is 0.240 e. The molecule has 3 aromatic rings. The molecule has 0 radical (unpaired) electrons. The summed E-state index contributed by atoms with van der Waals surface area (Å²) < 4.78 is 38.2. The number of carbonyl (C=O) groups excluding carboxylic acids is 1. The SMILES string of the molecule is COc1ccc(C(C)NC(=O)CCc2ccc(S(=O)(=O)NCc3ccccc3)cc2)cc1OC. The molecule has 7 nitrogen and oxygen atoms in total. The monoisotopic (exact) mass is 482 g/mol. The van der Waals surface area contributed by atoms with Gasteiger partial charge in [-0.25, -0.2) is 13.1 Å². The molecular formula is C26H30N2O5S. The Kier molecular flexibility index (Phi) is 8.67. The Labute approximate surface area is 201 Å². The van der Waals surface area contributed by atoms with Gasteiger partial charge in [0.2, 0.25) is 15.9 Å². The average Bonchev–Trinajstić information content (AvgIpc) is 2.86. The Morgan fingerprint density at radius 1 is 0.882 bits per heavy atom. The molecule has 3 rings (SSSR count). The highest BCUT2D eigenvalue weighted by atomic mass is 32.2. The fraction of sp³-hybridized carbons (Fsp3) is 0.269. The van der Waals surface area contributed by atoms with Crippen molar-refractivity contribution in [1.29, 1.82) is 0 Å². The maximum absolute atomic E-state index is 12.5. The third-order valence-electron chi connectivity index (χ3n) is 5.47. The summed E-state index contributed by atoms with van der Waals surface area (Å²) in [6, 6.07) is 21.3. The van der Waals surface area contributed by atoms with Crippen molar-refractivity contribution in [3.63, 3.8) is 0 Å². The number of nitrogens with one attached hydrogen (secondary N) is 2. The van der Waals surface area contributed by atoms with Gasteiger partial charge in [-0.15, -0.1) is 0 Å². The van der Waals surface area contributed by atoms with Gasteiger partial charge >= 0.3 is 0 Å². The predicted molar refractivity (Wildman–Crippen MR) is 131 cm³/mol. The second kappa shape index (κ2) is 11.7. The van der Waals surface area contributed by atoms with E-state index in [9.17, 15) is 13.2 Å². The number of sulfonamides is 1. The quantitative estimate of drug-likeness (QED) is 0.431. The average molecular weight is 483 g/mol. The number of amides is 1. The zero-order valence-corrected chi connectivity index (χ0v) is 20.4.